The van der Waals surface area contributed by atoms with Gasteiger partial charge in [0.05, 0.1) is 12.1 Å². The lowest BCUT2D eigenvalue weighted by Gasteiger charge is -2.32. The number of aryl methyl sites for hydroxylation is 1. The Balaban J connectivity index is 1.75. The van der Waals surface area contributed by atoms with Crippen molar-refractivity contribution < 1.29 is 4.79 Å². The van der Waals surface area contributed by atoms with Crippen LogP contribution in [0.3, 0.4) is 0 Å². The molecule has 1 aromatic rings. The fourth-order valence-electron chi connectivity index (χ4n) is 3.48. The number of rotatable bonds is 2. The van der Waals surface area contributed by atoms with E-state index in [1.807, 2.05) is 0 Å². The molecule has 1 heterocycles. The van der Waals surface area contributed by atoms with Gasteiger partial charge in [0.25, 0.3) is 0 Å². The van der Waals surface area contributed by atoms with E-state index in [0.717, 1.165) is 51.4 Å². The summed E-state index contributed by atoms with van der Waals surface area (Å²) in [6.45, 7) is 0. The van der Waals surface area contributed by atoms with Crippen molar-refractivity contribution in [3.8, 4) is 6.07 Å². The first kappa shape index (κ1) is 13.6. The predicted molar refractivity (Wildman–Crippen MR) is 79.3 cm³/mol. The second-order valence-corrected chi connectivity index (χ2v) is 6.97. The third kappa shape index (κ3) is 2.35. The lowest BCUT2D eigenvalue weighted by Crippen LogP contribution is -2.43. The summed E-state index contributed by atoms with van der Waals surface area (Å²) in [5.41, 5.74) is 0.504. The standard InChI is InChI=1S/C16H20N2OS/c17-11-16(8-2-1-3-9-16)15(19)18-13-5-4-6-14-12(13)7-10-20-14/h7,10,13H,1-6,8-9H2,(H,18,19). The van der Waals surface area contributed by atoms with Crippen LogP contribution in [0.4, 0.5) is 0 Å². The van der Waals surface area contributed by atoms with E-state index in [0.29, 0.717) is 0 Å². The number of fused-ring (bicyclic) bond motifs is 1. The summed E-state index contributed by atoms with van der Waals surface area (Å²) in [4.78, 5) is 14.0. The van der Waals surface area contributed by atoms with Crippen LogP contribution in [-0.4, -0.2) is 5.91 Å². The van der Waals surface area contributed by atoms with Gasteiger partial charge in [0.2, 0.25) is 5.91 Å². The number of hydrogen-bond acceptors (Lipinski definition) is 3. The molecule has 1 fully saturated rings. The van der Waals surface area contributed by atoms with Gasteiger partial charge < -0.3 is 5.32 Å². The summed E-state index contributed by atoms with van der Waals surface area (Å²) in [5, 5.41) is 14.8. The molecule has 106 valence electrons. The number of carbonyl (C=O) groups excluding carboxylic acids is 1. The Bertz CT molecular complexity index is 537. The number of nitriles is 1. The lowest BCUT2D eigenvalue weighted by atomic mass is 9.74. The number of nitrogens with zero attached hydrogens (tertiary/aromatic N) is 1. The van der Waals surface area contributed by atoms with E-state index in [1.54, 1.807) is 11.3 Å². The largest absolute Gasteiger partial charge is 0.348 e. The van der Waals surface area contributed by atoms with Crippen molar-refractivity contribution >= 4 is 17.2 Å². The Morgan fingerprint density at radius 2 is 2.15 bits per heavy atom. The van der Waals surface area contributed by atoms with Crippen LogP contribution in [0, 0.1) is 16.7 Å². The third-order valence-electron chi connectivity index (χ3n) is 4.71. The van der Waals surface area contributed by atoms with Crippen LogP contribution in [0.2, 0.25) is 0 Å². The van der Waals surface area contributed by atoms with E-state index in [2.05, 4.69) is 22.8 Å². The van der Waals surface area contributed by atoms with Gasteiger partial charge in [-0.3, -0.25) is 4.79 Å². The van der Waals surface area contributed by atoms with Crippen LogP contribution in [0.15, 0.2) is 11.4 Å². The Kier molecular flexibility index (Phi) is 3.80. The molecular weight excluding hydrogens is 268 g/mol. The summed E-state index contributed by atoms with van der Waals surface area (Å²) in [6, 6.07) is 4.56. The second-order valence-electron chi connectivity index (χ2n) is 5.97. The number of nitrogens with one attached hydrogen (secondary N) is 1. The predicted octanol–water partition coefficient (Wildman–Crippen LogP) is 3.72. The minimum Gasteiger partial charge on any atom is -0.348 e. The second kappa shape index (κ2) is 5.57. The molecule has 0 saturated heterocycles. The average molecular weight is 288 g/mol. The van der Waals surface area contributed by atoms with Crippen LogP contribution in [-0.2, 0) is 11.2 Å². The molecule has 3 rings (SSSR count). The van der Waals surface area contributed by atoms with Crippen molar-refractivity contribution in [3.63, 3.8) is 0 Å². The molecule has 1 N–H and O–H groups in total. The normalized spacial score (nSPS) is 24.4. The summed E-state index contributed by atoms with van der Waals surface area (Å²) in [7, 11) is 0. The number of thiophene rings is 1. The fourth-order valence-corrected chi connectivity index (χ4v) is 4.47. The molecule has 1 amide bonds. The van der Waals surface area contributed by atoms with Crippen LogP contribution in [0.5, 0.6) is 0 Å². The van der Waals surface area contributed by atoms with Crippen molar-refractivity contribution in [3.05, 3.63) is 21.9 Å². The van der Waals surface area contributed by atoms with Gasteiger partial charge in [-0.2, -0.15) is 5.26 Å². The Labute approximate surface area is 124 Å². The first-order chi connectivity index (χ1) is 9.75. The van der Waals surface area contributed by atoms with Crippen molar-refractivity contribution in [1.82, 2.24) is 5.32 Å². The van der Waals surface area contributed by atoms with Crippen LogP contribution in [0.1, 0.15) is 61.4 Å². The van der Waals surface area contributed by atoms with E-state index in [4.69, 9.17) is 0 Å². The molecule has 1 aromatic heterocycles. The SMILES string of the molecule is N#CC1(C(=O)NC2CCCc3sccc32)CCCCC1. The minimum atomic E-state index is -0.772. The van der Waals surface area contributed by atoms with E-state index in [-0.39, 0.29) is 11.9 Å². The minimum absolute atomic E-state index is 0.0382. The maximum Gasteiger partial charge on any atom is 0.240 e. The Morgan fingerprint density at radius 1 is 1.35 bits per heavy atom. The first-order valence-corrected chi connectivity index (χ1v) is 8.42. The van der Waals surface area contributed by atoms with Crippen molar-refractivity contribution in [1.29, 1.82) is 5.26 Å². The van der Waals surface area contributed by atoms with Gasteiger partial charge in [-0.1, -0.05) is 19.3 Å². The van der Waals surface area contributed by atoms with Gasteiger partial charge in [-0.15, -0.1) is 11.3 Å². The third-order valence-corrected chi connectivity index (χ3v) is 5.71. The van der Waals surface area contributed by atoms with Gasteiger partial charge in [0, 0.05) is 4.88 Å². The molecule has 0 bridgehead atoms. The van der Waals surface area contributed by atoms with E-state index in [1.165, 1.54) is 10.4 Å². The quantitative estimate of drug-likeness (QED) is 0.901. The first-order valence-electron chi connectivity index (χ1n) is 7.54. The summed E-state index contributed by atoms with van der Waals surface area (Å²) < 4.78 is 0. The van der Waals surface area contributed by atoms with E-state index in [9.17, 15) is 10.1 Å². The number of hydrogen-bond donors (Lipinski definition) is 1. The van der Waals surface area contributed by atoms with Gasteiger partial charge in [0.1, 0.15) is 5.41 Å². The molecule has 1 atom stereocenters. The van der Waals surface area contributed by atoms with Crippen molar-refractivity contribution in [2.45, 2.75) is 57.4 Å². The van der Waals surface area contributed by atoms with Crippen molar-refractivity contribution in [2.75, 3.05) is 0 Å². The highest BCUT2D eigenvalue weighted by Gasteiger charge is 2.41. The van der Waals surface area contributed by atoms with Crippen molar-refractivity contribution in [2.24, 2.45) is 5.41 Å². The zero-order valence-corrected chi connectivity index (χ0v) is 12.5. The molecule has 2 aliphatic carbocycles. The van der Waals surface area contributed by atoms with Crippen LogP contribution < -0.4 is 5.32 Å². The molecule has 0 aliphatic heterocycles. The van der Waals surface area contributed by atoms with E-state index < -0.39 is 5.41 Å². The molecule has 20 heavy (non-hydrogen) atoms. The lowest BCUT2D eigenvalue weighted by molar-refractivity contribution is -0.130. The summed E-state index contributed by atoms with van der Waals surface area (Å²) >= 11 is 1.78. The summed E-state index contributed by atoms with van der Waals surface area (Å²) in [6.07, 6.45) is 7.83. The molecule has 0 spiro atoms. The maximum atomic E-state index is 12.6. The van der Waals surface area contributed by atoms with E-state index >= 15 is 0 Å². The molecule has 0 aromatic carbocycles. The summed E-state index contributed by atoms with van der Waals surface area (Å²) in [5.74, 6) is -0.0382. The molecule has 4 heteroatoms. The van der Waals surface area contributed by atoms with Gasteiger partial charge in [-0.25, -0.2) is 0 Å². The average Bonchev–Trinajstić information content (AvgIpc) is 2.97. The zero-order valence-electron chi connectivity index (χ0n) is 11.7. The fraction of sp³-hybridized carbons (Fsp3) is 0.625. The monoisotopic (exact) mass is 288 g/mol. The van der Waals surface area contributed by atoms with Crippen LogP contribution in [0.25, 0.3) is 0 Å². The molecule has 0 radical (unpaired) electrons. The molecule has 3 nitrogen and oxygen atoms in total. The van der Waals surface area contributed by atoms with Gasteiger partial charge in [0.15, 0.2) is 0 Å². The highest BCUT2D eigenvalue weighted by atomic mass is 32.1. The topological polar surface area (TPSA) is 52.9 Å². The number of carbonyl (C=O) groups is 1. The van der Waals surface area contributed by atoms with Crippen LogP contribution >= 0.6 is 11.3 Å². The highest BCUT2D eigenvalue weighted by Crippen LogP contribution is 2.38. The Morgan fingerprint density at radius 3 is 2.90 bits per heavy atom. The smallest absolute Gasteiger partial charge is 0.240 e. The van der Waals surface area contributed by atoms with Gasteiger partial charge >= 0.3 is 0 Å². The maximum absolute atomic E-state index is 12.6. The molecular formula is C16H20N2OS. The highest BCUT2D eigenvalue weighted by molar-refractivity contribution is 7.10. The Hall–Kier alpha value is -1.34. The number of amides is 1. The molecule has 1 saturated carbocycles. The molecule has 1 unspecified atom stereocenters. The van der Waals surface area contributed by atoms with Gasteiger partial charge in [-0.05, 0) is 49.1 Å². The molecule has 2 aliphatic rings. The zero-order chi connectivity index (χ0) is 14.0.